The highest BCUT2D eigenvalue weighted by Gasteiger charge is 2.20. The zero-order valence-electron chi connectivity index (χ0n) is 9.00. The fourth-order valence-corrected chi connectivity index (χ4v) is 2.99. The highest BCUT2D eigenvalue weighted by Crippen LogP contribution is 2.36. The van der Waals surface area contributed by atoms with E-state index in [9.17, 15) is 0 Å². The molecule has 2 heterocycles. The fraction of sp³-hybridized carbons (Fsp3) is 0.700. The lowest BCUT2D eigenvalue weighted by Crippen LogP contribution is -2.04. The Morgan fingerprint density at radius 3 is 3.14 bits per heavy atom. The van der Waals surface area contributed by atoms with E-state index in [4.69, 9.17) is 0 Å². The molecule has 1 aliphatic heterocycles. The maximum absolute atomic E-state index is 4.52. The summed E-state index contributed by atoms with van der Waals surface area (Å²) >= 11 is 1.94. The monoisotopic (exact) mass is 211 g/mol. The molecule has 0 radical (unpaired) electrons. The van der Waals surface area contributed by atoms with E-state index in [0.29, 0.717) is 5.25 Å². The molecule has 0 aliphatic carbocycles. The Hall–Kier alpha value is -0.640. The molecule has 0 amide bonds. The minimum Gasteiger partial charge on any atom is -0.381 e. The lowest BCUT2D eigenvalue weighted by atomic mass is 10.3. The summed E-state index contributed by atoms with van der Waals surface area (Å²) in [6.45, 7) is 8.52. The molecule has 0 fully saturated rings. The number of aryl methyl sites for hydroxylation is 2. The Morgan fingerprint density at radius 1 is 1.64 bits per heavy atom. The van der Waals surface area contributed by atoms with Crippen molar-refractivity contribution in [3.8, 4) is 0 Å². The lowest BCUT2D eigenvalue weighted by molar-refractivity contribution is 0.601. The van der Waals surface area contributed by atoms with Gasteiger partial charge in [-0.2, -0.15) is 5.10 Å². The molecule has 1 aliphatic rings. The molecule has 0 saturated carbocycles. The number of thioether (sulfide) groups is 1. The Kier molecular flexibility index (Phi) is 2.72. The Morgan fingerprint density at radius 2 is 2.43 bits per heavy atom. The van der Waals surface area contributed by atoms with Crippen LogP contribution in [0.25, 0.3) is 0 Å². The summed E-state index contributed by atoms with van der Waals surface area (Å²) in [6.07, 6.45) is 1.22. The first-order valence-corrected chi connectivity index (χ1v) is 6.08. The number of fused-ring (bicyclic) bond motifs is 1. The van der Waals surface area contributed by atoms with Crippen LogP contribution in [-0.2, 0) is 6.54 Å². The molecule has 0 aromatic carbocycles. The molecule has 78 valence electrons. The van der Waals surface area contributed by atoms with Gasteiger partial charge in [0.2, 0.25) is 0 Å². The van der Waals surface area contributed by atoms with Crippen LogP contribution in [0.2, 0.25) is 0 Å². The molecule has 1 aromatic rings. The first-order chi connectivity index (χ1) is 6.72. The summed E-state index contributed by atoms with van der Waals surface area (Å²) in [6, 6.07) is 0. The summed E-state index contributed by atoms with van der Waals surface area (Å²) < 4.78 is 2.10. The van der Waals surface area contributed by atoms with Crippen LogP contribution in [0.15, 0.2) is 5.03 Å². The Balaban J connectivity index is 2.41. The minimum absolute atomic E-state index is 0.685. The van der Waals surface area contributed by atoms with E-state index in [1.807, 2.05) is 11.8 Å². The highest BCUT2D eigenvalue weighted by molar-refractivity contribution is 8.00. The molecule has 1 unspecified atom stereocenters. The van der Waals surface area contributed by atoms with Gasteiger partial charge in [-0.25, -0.2) is 0 Å². The maximum Gasteiger partial charge on any atom is 0.118 e. The van der Waals surface area contributed by atoms with Crippen molar-refractivity contribution in [1.82, 2.24) is 9.78 Å². The highest BCUT2D eigenvalue weighted by atomic mass is 32.2. The van der Waals surface area contributed by atoms with E-state index in [-0.39, 0.29) is 0 Å². The molecule has 0 saturated heterocycles. The van der Waals surface area contributed by atoms with Crippen molar-refractivity contribution in [2.45, 2.75) is 44.0 Å². The Bertz CT molecular complexity index is 332. The van der Waals surface area contributed by atoms with Crippen molar-refractivity contribution in [2.24, 2.45) is 0 Å². The van der Waals surface area contributed by atoms with Gasteiger partial charge in [0.05, 0.1) is 11.4 Å². The molecule has 1 atom stereocenters. The van der Waals surface area contributed by atoms with Crippen LogP contribution >= 0.6 is 11.8 Å². The van der Waals surface area contributed by atoms with Crippen molar-refractivity contribution in [3.63, 3.8) is 0 Å². The summed E-state index contributed by atoms with van der Waals surface area (Å²) in [5.41, 5.74) is 2.38. The van der Waals surface area contributed by atoms with Crippen molar-refractivity contribution in [2.75, 3.05) is 11.9 Å². The standard InChI is InChI=1S/C10H17N3S/c1-4-13-10-9(8(3)12-13)11-6-5-7(2)14-10/h7,11H,4-6H2,1-3H3. The van der Waals surface area contributed by atoms with E-state index < -0.39 is 0 Å². The number of aromatic nitrogens is 2. The largest absolute Gasteiger partial charge is 0.381 e. The van der Waals surface area contributed by atoms with Gasteiger partial charge in [0.15, 0.2) is 0 Å². The molecular formula is C10H17N3S. The number of anilines is 1. The van der Waals surface area contributed by atoms with Crippen LogP contribution in [0.4, 0.5) is 5.69 Å². The van der Waals surface area contributed by atoms with Gasteiger partial charge in [-0.15, -0.1) is 11.8 Å². The average Bonchev–Trinajstić information content (AvgIpc) is 2.36. The number of hydrogen-bond acceptors (Lipinski definition) is 3. The van der Waals surface area contributed by atoms with Crippen LogP contribution in [-0.4, -0.2) is 21.6 Å². The summed E-state index contributed by atoms with van der Waals surface area (Å²) in [5, 5.41) is 9.99. The van der Waals surface area contributed by atoms with Crippen LogP contribution in [0.3, 0.4) is 0 Å². The number of nitrogens with zero attached hydrogens (tertiary/aromatic N) is 2. The number of hydrogen-bond donors (Lipinski definition) is 1. The first-order valence-electron chi connectivity index (χ1n) is 5.20. The quantitative estimate of drug-likeness (QED) is 0.774. The molecule has 1 aromatic heterocycles. The molecular weight excluding hydrogens is 194 g/mol. The molecule has 3 nitrogen and oxygen atoms in total. The van der Waals surface area contributed by atoms with E-state index in [1.165, 1.54) is 17.1 Å². The molecule has 2 rings (SSSR count). The molecule has 1 N–H and O–H groups in total. The predicted molar refractivity (Wildman–Crippen MR) is 61.1 cm³/mol. The van der Waals surface area contributed by atoms with Crippen molar-refractivity contribution in [1.29, 1.82) is 0 Å². The van der Waals surface area contributed by atoms with Gasteiger partial charge >= 0.3 is 0 Å². The SMILES string of the molecule is CCn1nc(C)c2c1SC(C)CCN2. The molecule has 4 heteroatoms. The van der Waals surface area contributed by atoms with E-state index >= 15 is 0 Å². The smallest absolute Gasteiger partial charge is 0.118 e. The number of rotatable bonds is 1. The second-order valence-electron chi connectivity index (χ2n) is 3.73. The van der Waals surface area contributed by atoms with Gasteiger partial charge in [-0.1, -0.05) is 6.92 Å². The third-order valence-corrected chi connectivity index (χ3v) is 3.82. The number of nitrogens with one attached hydrogen (secondary N) is 1. The zero-order chi connectivity index (χ0) is 10.1. The van der Waals surface area contributed by atoms with Gasteiger partial charge in [0.25, 0.3) is 0 Å². The van der Waals surface area contributed by atoms with Crippen molar-refractivity contribution in [3.05, 3.63) is 5.69 Å². The molecule has 14 heavy (non-hydrogen) atoms. The van der Waals surface area contributed by atoms with E-state index in [0.717, 1.165) is 18.8 Å². The first kappa shape index (κ1) is 9.90. The third-order valence-electron chi connectivity index (χ3n) is 2.55. The van der Waals surface area contributed by atoms with E-state index in [2.05, 4.69) is 35.9 Å². The molecule has 0 bridgehead atoms. The predicted octanol–water partition coefficient (Wildman–Crippen LogP) is 2.51. The fourth-order valence-electron chi connectivity index (χ4n) is 1.75. The van der Waals surface area contributed by atoms with Crippen LogP contribution in [0.1, 0.15) is 26.0 Å². The van der Waals surface area contributed by atoms with Crippen LogP contribution in [0.5, 0.6) is 0 Å². The summed E-state index contributed by atoms with van der Waals surface area (Å²) in [5.74, 6) is 0. The third kappa shape index (κ3) is 1.63. The van der Waals surface area contributed by atoms with E-state index in [1.54, 1.807) is 0 Å². The molecule has 0 spiro atoms. The van der Waals surface area contributed by atoms with Crippen LogP contribution in [0, 0.1) is 6.92 Å². The van der Waals surface area contributed by atoms with Crippen LogP contribution < -0.4 is 5.32 Å². The maximum atomic E-state index is 4.52. The minimum atomic E-state index is 0.685. The van der Waals surface area contributed by atoms with Crippen molar-refractivity contribution >= 4 is 17.4 Å². The second kappa shape index (κ2) is 3.85. The average molecular weight is 211 g/mol. The van der Waals surface area contributed by atoms with Gasteiger partial charge in [0.1, 0.15) is 5.03 Å². The Labute approximate surface area is 89.3 Å². The van der Waals surface area contributed by atoms with Gasteiger partial charge in [-0.05, 0) is 20.3 Å². The van der Waals surface area contributed by atoms with Crippen molar-refractivity contribution < 1.29 is 0 Å². The normalized spacial score (nSPS) is 21.2. The van der Waals surface area contributed by atoms with Gasteiger partial charge < -0.3 is 5.32 Å². The topological polar surface area (TPSA) is 29.9 Å². The van der Waals surface area contributed by atoms with Gasteiger partial charge in [0, 0.05) is 18.3 Å². The van der Waals surface area contributed by atoms with Gasteiger partial charge in [-0.3, -0.25) is 4.68 Å². The lowest BCUT2D eigenvalue weighted by Gasteiger charge is -2.07. The zero-order valence-corrected chi connectivity index (χ0v) is 9.82. The summed E-state index contributed by atoms with van der Waals surface area (Å²) in [7, 11) is 0. The second-order valence-corrected chi connectivity index (χ2v) is 5.15. The summed E-state index contributed by atoms with van der Waals surface area (Å²) in [4.78, 5) is 0.